The highest BCUT2D eigenvalue weighted by atomic mass is 32.1. The van der Waals surface area contributed by atoms with Gasteiger partial charge in [0.2, 0.25) is 0 Å². The molecular weight excluding hydrogens is 489 g/mol. The fourth-order valence-corrected chi connectivity index (χ4v) is 7.22. The minimum Gasteiger partial charge on any atom is -0.376 e. The summed E-state index contributed by atoms with van der Waals surface area (Å²) in [6, 6.07) is 29.8. The second kappa shape index (κ2) is 12.4. The third-order valence-corrected chi connectivity index (χ3v) is 9.16. The molecule has 0 atom stereocenters. The van der Waals surface area contributed by atoms with E-state index in [1.54, 1.807) is 0 Å². The summed E-state index contributed by atoms with van der Waals surface area (Å²) in [6.45, 7) is 2.79. The number of rotatable bonds is 12. The van der Waals surface area contributed by atoms with Crippen molar-refractivity contribution in [1.82, 2.24) is 0 Å². The molecule has 5 heteroatoms. The van der Waals surface area contributed by atoms with Crippen molar-refractivity contribution in [2.75, 3.05) is 13.2 Å². The average molecular weight is 517 g/mol. The Morgan fingerprint density at radius 1 is 0.514 bits per heavy atom. The Bertz CT molecular complexity index is 1200. The van der Waals surface area contributed by atoms with Gasteiger partial charge in [-0.25, -0.2) is 0 Å². The molecule has 3 aromatic heterocycles. The summed E-state index contributed by atoms with van der Waals surface area (Å²) >= 11 is 5.54. The highest BCUT2D eigenvalue weighted by Crippen LogP contribution is 2.41. The van der Waals surface area contributed by atoms with E-state index in [0.717, 1.165) is 26.1 Å². The summed E-state index contributed by atoms with van der Waals surface area (Å²) in [5, 5.41) is 4.39. The van der Waals surface area contributed by atoms with Crippen LogP contribution in [0.4, 0.5) is 0 Å². The molecule has 0 aliphatic carbocycles. The van der Waals surface area contributed by atoms with Crippen molar-refractivity contribution < 1.29 is 9.47 Å². The number of ether oxygens (including phenoxy) is 2. The molecule has 35 heavy (non-hydrogen) atoms. The molecule has 2 aromatic carbocycles. The SMILES string of the molecule is c1ccc(COCCc2ccsc2-c2ccc(-c3sccc3CCOCc3ccccc3)s2)cc1. The van der Waals surface area contributed by atoms with Crippen molar-refractivity contribution in [3.63, 3.8) is 0 Å². The summed E-state index contributed by atoms with van der Waals surface area (Å²) in [5.41, 5.74) is 5.19. The van der Waals surface area contributed by atoms with Crippen molar-refractivity contribution in [1.29, 1.82) is 0 Å². The maximum atomic E-state index is 5.94. The molecule has 0 fully saturated rings. The molecule has 0 spiro atoms. The van der Waals surface area contributed by atoms with Crippen LogP contribution in [-0.2, 0) is 35.5 Å². The summed E-state index contributed by atoms with van der Waals surface area (Å²) in [7, 11) is 0. The Morgan fingerprint density at radius 2 is 0.971 bits per heavy atom. The fraction of sp³-hybridized carbons (Fsp3) is 0.200. The Morgan fingerprint density at radius 3 is 1.43 bits per heavy atom. The first-order valence-electron chi connectivity index (χ1n) is 11.8. The minimum absolute atomic E-state index is 0.666. The molecule has 5 rings (SSSR count). The molecule has 178 valence electrons. The highest BCUT2D eigenvalue weighted by Gasteiger charge is 2.14. The first-order valence-corrected chi connectivity index (χ1v) is 14.4. The first kappa shape index (κ1) is 24.2. The molecule has 5 aromatic rings. The van der Waals surface area contributed by atoms with Crippen LogP contribution in [0.25, 0.3) is 19.5 Å². The lowest BCUT2D eigenvalue weighted by molar-refractivity contribution is 0.124. The normalized spacial score (nSPS) is 11.2. The van der Waals surface area contributed by atoms with Crippen molar-refractivity contribution >= 4 is 34.0 Å². The predicted molar refractivity (Wildman–Crippen MR) is 151 cm³/mol. The molecule has 0 saturated carbocycles. The van der Waals surface area contributed by atoms with E-state index in [4.69, 9.17) is 9.47 Å². The van der Waals surface area contributed by atoms with Gasteiger partial charge in [0.05, 0.1) is 26.4 Å². The van der Waals surface area contributed by atoms with E-state index in [9.17, 15) is 0 Å². The highest BCUT2D eigenvalue weighted by molar-refractivity contribution is 7.25. The third-order valence-electron chi connectivity index (χ3n) is 5.80. The Labute approximate surface area is 219 Å². The quantitative estimate of drug-likeness (QED) is 0.154. The summed E-state index contributed by atoms with van der Waals surface area (Å²) < 4.78 is 11.9. The standard InChI is InChI=1S/C30H28O2S3/c1-3-7-23(8-4-1)21-31-17-13-25-15-19-33-29(25)27-11-12-28(35-27)30-26(16-20-34-30)14-18-32-22-24-9-5-2-6-10-24/h1-12,15-16,19-20H,13-14,17-18,21-22H2. The maximum absolute atomic E-state index is 5.94. The van der Waals surface area contributed by atoms with E-state index < -0.39 is 0 Å². The van der Waals surface area contributed by atoms with E-state index in [1.807, 2.05) is 46.1 Å². The van der Waals surface area contributed by atoms with Gasteiger partial charge in [0.15, 0.2) is 0 Å². The Kier molecular flexibility index (Phi) is 8.58. The molecule has 0 amide bonds. The average Bonchev–Trinajstić information content (AvgIpc) is 3.66. The molecule has 0 unspecified atom stereocenters. The van der Waals surface area contributed by atoms with Crippen LogP contribution < -0.4 is 0 Å². The van der Waals surface area contributed by atoms with Gasteiger partial charge in [0.1, 0.15) is 0 Å². The van der Waals surface area contributed by atoms with Gasteiger partial charge in [0, 0.05) is 19.5 Å². The van der Waals surface area contributed by atoms with Crippen LogP contribution in [0, 0.1) is 0 Å². The smallest absolute Gasteiger partial charge is 0.0717 e. The summed E-state index contributed by atoms with van der Waals surface area (Å²) in [6.07, 6.45) is 1.86. The van der Waals surface area contributed by atoms with Crippen molar-refractivity contribution in [2.24, 2.45) is 0 Å². The van der Waals surface area contributed by atoms with Crippen LogP contribution in [0.3, 0.4) is 0 Å². The molecular formula is C30H28O2S3. The second-order valence-corrected chi connectivity index (χ2v) is 11.2. The Hall–Kier alpha value is -2.54. The molecule has 0 N–H and O–H groups in total. The van der Waals surface area contributed by atoms with Crippen molar-refractivity contribution in [3.8, 4) is 19.5 Å². The van der Waals surface area contributed by atoms with Crippen molar-refractivity contribution in [3.05, 3.63) is 118 Å². The molecule has 0 saturated heterocycles. The lowest BCUT2D eigenvalue weighted by atomic mass is 10.1. The van der Waals surface area contributed by atoms with Crippen LogP contribution in [0.15, 0.2) is 95.7 Å². The topological polar surface area (TPSA) is 18.5 Å². The van der Waals surface area contributed by atoms with Gasteiger partial charge in [0.25, 0.3) is 0 Å². The Balaban J connectivity index is 1.17. The van der Waals surface area contributed by atoms with Crippen LogP contribution in [0.2, 0.25) is 0 Å². The molecule has 3 heterocycles. The van der Waals surface area contributed by atoms with Gasteiger partial charge in [-0.05, 0) is 70.1 Å². The van der Waals surface area contributed by atoms with E-state index in [2.05, 4.69) is 83.6 Å². The van der Waals surface area contributed by atoms with Crippen LogP contribution in [-0.4, -0.2) is 13.2 Å². The van der Waals surface area contributed by atoms with Gasteiger partial charge in [-0.1, -0.05) is 60.7 Å². The largest absolute Gasteiger partial charge is 0.376 e. The minimum atomic E-state index is 0.666. The van der Waals surface area contributed by atoms with E-state index >= 15 is 0 Å². The zero-order chi connectivity index (χ0) is 23.7. The summed E-state index contributed by atoms with van der Waals surface area (Å²) in [5.74, 6) is 0. The fourth-order valence-electron chi connectivity index (χ4n) is 3.97. The number of benzene rings is 2. The third kappa shape index (κ3) is 6.57. The van der Waals surface area contributed by atoms with Gasteiger partial charge < -0.3 is 9.47 Å². The monoisotopic (exact) mass is 516 g/mol. The van der Waals surface area contributed by atoms with Crippen LogP contribution in [0.1, 0.15) is 22.3 Å². The number of hydrogen-bond acceptors (Lipinski definition) is 5. The van der Waals surface area contributed by atoms with Crippen LogP contribution in [0.5, 0.6) is 0 Å². The molecule has 2 nitrogen and oxygen atoms in total. The van der Waals surface area contributed by atoms with E-state index in [0.29, 0.717) is 13.2 Å². The van der Waals surface area contributed by atoms with E-state index in [1.165, 1.54) is 41.8 Å². The molecule has 0 bridgehead atoms. The zero-order valence-corrected chi connectivity index (χ0v) is 22.0. The van der Waals surface area contributed by atoms with Crippen molar-refractivity contribution in [2.45, 2.75) is 26.1 Å². The van der Waals surface area contributed by atoms with E-state index in [-0.39, 0.29) is 0 Å². The number of thiophene rings is 3. The summed E-state index contributed by atoms with van der Waals surface area (Å²) in [4.78, 5) is 5.42. The maximum Gasteiger partial charge on any atom is 0.0717 e. The van der Waals surface area contributed by atoms with Gasteiger partial charge in [-0.15, -0.1) is 34.0 Å². The molecule has 0 aliphatic heterocycles. The lowest BCUT2D eigenvalue weighted by Gasteiger charge is -2.06. The van der Waals surface area contributed by atoms with Crippen LogP contribution >= 0.6 is 34.0 Å². The predicted octanol–water partition coefficient (Wildman–Crippen LogP) is 8.72. The zero-order valence-electron chi connectivity index (χ0n) is 19.5. The second-order valence-electron chi connectivity index (χ2n) is 8.29. The molecule has 0 radical (unpaired) electrons. The van der Waals surface area contributed by atoms with Gasteiger partial charge in [-0.2, -0.15) is 0 Å². The van der Waals surface area contributed by atoms with Gasteiger partial charge >= 0.3 is 0 Å². The number of hydrogen-bond donors (Lipinski definition) is 0. The molecule has 0 aliphatic rings. The van der Waals surface area contributed by atoms with Gasteiger partial charge in [-0.3, -0.25) is 0 Å². The first-order chi connectivity index (χ1) is 17.4. The lowest BCUT2D eigenvalue weighted by Crippen LogP contribution is -1.99.